The zero-order valence-electron chi connectivity index (χ0n) is 13.4. The number of hydrogen-bond donors (Lipinski definition) is 0. The molecule has 0 fully saturated rings. The van der Waals surface area contributed by atoms with Crippen LogP contribution >= 0.6 is 11.6 Å². The largest absolute Gasteiger partial charge is 0.462 e. The molecule has 5 nitrogen and oxygen atoms in total. The number of hydrogen-bond acceptors (Lipinski definition) is 5. The van der Waals surface area contributed by atoms with Gasteiger partial charge in [0.25, 0.3) is 0 Å². The van der Waals surface area contributed by atoms with Crippen LogP contribution in [0.1, 0.15) is 22.8 Å². The van der Waals surface area contributed by atoms with Gasteiger partial charge in [0.15, 0.2) is 0 Å². The van der Waals surface area contributed by atoms with Gasteiger partial charge >= 0.3 is 11.9 Å². The molecule has 0 aliphatic carbocycles. The highest BCUT2D eigenvalue weighted by Crippen LogP contribution is 2.17. The van der Waals surface area contributed by atoms with Crippen molar-refractivity contribution in [3.63, 3.8) is 0 Å². The summed E-state index contributed by atoms with van der Waals surface area (Å²) in [6.07, 6.45) is 1.41. The highest BCUT2D eigenvalue weighted by molar-refractivity contribution is 6.30. The van der Waals surface area contributed by atoms with Gasteiger partial charge in [0.1, 0.15) is 17.4 Å². The third-order valence-electron chi connectivity index (χ3n) is 3.10. The second-order valence-electron chi connectivity index (χ2n) is 4.86. The zero-order chi connectivity index (χ0) is 18.2. The first-order valence-electron chi connectivity index (χ1n) is 7.40. The molecule has 0 aromatic heterocycles. The number of benzene rings is 2. The van der Waals surface area contributed by atoms with Gasteiger partial charge < -0.3 is 9.47 Å². The molecule has 0 spiro atoms. The molecule has 0 saturated carbocycles. The summed E-state index contributed by atoms with van der Waals surface area (Å²) in [5, 5.41) is 9.54. The Bertz CT molecular complexity index is 833. The van der Waals surface area contributed by atoms with Crippen LogP contribution in [-0.4, -0.2) is 18.5 Å². The Morgan fingerprint density at radius 3 is 2.32 bits per heavy atom. The van der Waals surface area contributed by atoms with Gasteiger partial charge in [-0.25, -0.2) is 9.59 Å². The lowest BCUT2D eigenvalue weighted by molar-refractivity contribution is -0.137. The summed E-state index contributed by atoms with van der Waals surface area (Å²) in [4.78, 5) is 23.6. The normalized spacial score (nSPS) is 10.7. The quantitative estimate of drug-likeness (QED) is 0.350. The molecule has 0 saturated heterocycles. The van der Waals surface area contributed by atoms with Crippen LogP contribution < -0.4 is 4.74 Å². The second-order valence-corrected chi connectivity index (χ2v) is 5.29. The zero-order valence-corrected chi connectivity index (χ0v) is 14.1. The highest BCUT2D eigenvalue weighted by atomic mass is 35.5. The van der Waals surface area contributed by atoms with Gasteiger partial charge in [-0.3, -0.25) is 0 Å². The lowest BCUT2D eigenvalue weighted by Crippen LogP contribution is -2.08. The van der Waals surface area contributed by atoms with E-state index >= 15 is 0 Å². The second kappa shape index (κ2) is 8.67. The summed E-state index contributed by atoms with van der Waals surface area (Å²) in [6.45, 7) is 1.86. The summed E-state index contributed by atoms with van der Waals surface area (Å²) >= 11 is 5.78. The molecule has 6 heteroatoms. The van der Waals surface area contributed by atoms with Crippen LogP contribution in [-0.2, 0) is 9.53 Å². The van der Waals surface area contributed by atoms with Crippen molar-refractivity contribution in [3.8, 4) is 11.8 Å². The molecule has 0 bridgehead atoms. The van der Waals surface area contributed by atoms with Gasteiger partial charge in [-0.2, -0.15) is 5.26 Å². The molecule has 126 valence electrons. The Morgan fingerprint density at radius 2 is 1.76 bits per heavy atom. The molecule has 2 aromatic carbocycles. The van der Waals surface area contributed by atoms with Crippen LogP contribution in [0.5, 0.6) is 5.75 Å². The van der Waals surface area contributed by atoms with Crippen LogP contribution in [0, 0.1) is 11.3 Å². The molecule has 0 aliphatic rings. The lowest BCUT2D eigenvalue weighted by Gasteiger charge is -2.05. The Balaban J connectivity index is 2.09. The molecule has 0 N–H and O–H groups in total. The fourth-order valence-electron chi connectivity index (χ4n) is 1.90. The number of esters is 2. The van der Waals surface area contributed by atoms with Gasteiger partial charge in [-0.15, -0.1) is 0 Å². The van der Waals surface area contributed by atoms with Crippen LogP contribution in [0.4, 0.5) is 0 Å². The third-order valence-corrected chi connectivity index (χ3v) is 3.35. The van der Waals surface area contributed by atoms with Crippen molar-refractivity contribution in [2.75, 3.05) is 6.61 Å². The first-order valence-corrected chi connectivity index (χ1v) is 7.78. The number of carbonyl (C=O) groups is 2. The Morgan fingerprint density at radius 1 is 1.12 bits per heavy atom. The number of carbonyl (C=O) groups excluding carboxylic acids is 2. The molecule has 0 atom stereocenters. The van der Waals surface area contributed by atoms with Gasteiger partial charge in [-0.1, -0.05) is 23.7 Å². The Kier molecular flexibility index (Phi) is 6.33. The molecule has 0 amide bonds. The lowest BCUT2D eigenvalue weighted by atomic mass is 10.1. The SMILES string of the molecule is CCOC(=O)/C(C#N)=C/c1ccc(OC(=O)c2ccc(Cl)cc2)cc1. The summed E-state index contributed by atoms with van der Waals surface area (Å²) in [5.74, 6) is -0.848. The summed E-state index contributed by atoms with van der Waals surface area (Å²) in [5.41, 5.74) is 0.881. The topological polar surface area (TPSA) is 76.4 Å². The smallest absolute Gasteiger partial charge is 0.348 e. The molecule has 0 radical (unpaired) electrons. The van der Waals surface area contributed by atoms with Crippen LogP contribution in [0.15, 0.2) is 54.1 Å². The number of rotatable bonds is 5. The van der Waals surface area contributed by atoms with E-state index in [1.54, 1.807) is 61.5 Å². The summed E-state index contributed by atoms with van der Waals surface area (Å²) in [6, 6.07) is 14.5. The average molecular weight is 356 g/mol. The van der Waals surface area contributed by atoms with Gasteiger partial charge in [0, 0.05) is 5.02 Å². The van der Waals surface area contributed by atoms with Crippen molar-refractivity contribution < 1.29 is 19.1 Å². The predicted octanol–water partition coefficient (Wildman–Crippen LogP) is 4.03. The van der Waals surface area contributed by atoms with Crippen LogP contribution in [0.25, 0.3) is 6.08 Å². The average Bonchev–Trinajstić information content (AvgIpc) is 2.61. The molecular formula is C19H14ClNO4. The first kappa shape index (κ1) is 18.2. The fraction of sp³-hybridized carbons (Fsp3) is 0.105. The predicted molar refractivity (Wildman–Crippen MR) is 93.1 cm³/mol. The minimum absolute atomic E-state index is 0.104. The Hall–Kier alpha value is -3.10. The third kappa shape index (κ3) is 5.20. The standard InChI is InChI=1S/C19H14ClNO4/c1-2-24-18(22)15(12-21)11-13-3-9-17(10-4-13)25-19(23)14-5-7-16(20)8-6-14/h3-11H,2H2,1H3/b15-11+. The van der Waals surface area contributed by atoms with Crippen molar-refractivity contribution in [1.82, 2.24) is 0 Å². The van der Waals surface area contributed by atoms with Crippen molar-refractivity contribution in [3.05, 3.63) is 70.3 Å². The Labute approximate surface area is 150 Å². The maximum absolute atomic E-state index is 12.0. The van der Waals surface area contributed by atoms with E-state index in [0.717, 1.165) is 0 Å². The highest BCUT2D eigenvalue weighted by Gasteiger charge is 2.11. The minimum atomic E-state index is -0.678. The van der Waals surface area contributed by atoms with Gasteiger partial charge in [-0.05, 0) is 55.0 Å². The maximum Gasteiger partial charge on any atom is 0.348 e. The number of nitrogens with zero attached hydrogens (tertiary/aromatic N) is 1. The van der Waals surface area contributed by atoms with Crippen molar-refractivity contribution >= 4 is 29.6 Å². The molecular weight excluding hydrogens is 342 g/mol. The first-order chi connectivity index (χ1) is 12.0. The minimum Gasteiger partial charge on any atom is -0.462 e. The van der Waals surface area contributed by atoms with E-state index in [4.69, 9.17) is 26.3 Å². The van der Waals surface area contributed by atoms with Crippen LogP contribution in [0.3, 0.4) is 0 Å². The number of ether oxygens (including phenoxy) is 2. The van der Waals surface area contributed by atoms with Crippen molar-refractivity contribution in [1.29, 1.82) is 5.26 Å². The van der Waals surface area contributed by atoms with E-state index in [1.807, 2.05) is 0 Å². The summed E-state index contributed by atoms with van der Waals surface area (Å²) < 4.78 is 10.0. The van der Waals surface area contributed by atoms with Crippen LogP contribution in [0.2, 0.25) is 5.02 Å². The van der Waals surface area contributed by atoms with E-state index in [-0.39, 0.29) is 12.2 Å². The maximum atomic E-state index is 12.0. The van der Waals surface area contributed by atoms with E-state index in [0.29, 0.717) is 21.9 Å². The van der Waals surface area contributed by atoms with Gasteiger partial charge in [0.2, 0.25) is 0 Å². The van der Waals surface area contributed by atoms with E-state index in [2.05, 4.69) is 0 Å². The van der Waals surface area contributed by atoms with E-state index < -0.39 is 11.9 Å². The molecule has 2 rings (SSSR count). The van der Waals surface area contributed by atoms with E-state index in [9.17, 15) is 9.59 Å². The summed E-state index contributed by atoms with van der Waals surface area (Å²) in [7, 11) is 0. The van der Waals surface area contributed by atoms with Crippen molar-refractivity contribution in [2.45, 2.75) is 6.92 Å². The fourth-order valence-corrected chi connectivity index (χ4v) is 2.02. The molecule has 2 aromatic rings. The monoisotopic (exact) mass is 355 g/mol. The number of nitriles is 1. The molecule has 0 heterocycles. The van der Waals surface area contributed by atoms with Crippen molar-refractivity contribution in [2.24, 2.45) is 0 Å². The van der Waals surface area contributed by atoms with Gasteiger partial charge in [0.05, 0.1) is 12.2 Å². The molecule has 0 aliphatic heterocycles. The molecule has 25 heavy (non-hydrogen) atoms. The molecule has 0 unspecified atom stereocenters. The van der Waals surface area contributed by atoms with E-state index in [1.165, 1.54) is 6.08 Å². The number of halogens is 1.